The van der Waals surface area contributed by atoms with Crippen LogP contribution >= 0.6 is 23.2 Å². The summed E-state index contributed by atoms with van der Waals surface area (Å²) in [6.45, 7) is 1.76. The Morgan fingerprint density at radius 1 is 1.10 bits per heavy atom. The number of hydrogen-bond acceptors (Lipinski definition) is 2. The summed E-state index contributed by atoms with van der Waals surface area (Å²) in [6, 6.07) is 12.8. The molecule has 2 aromatic rings. The van der Waals surface area contributed by atoms with E-state index in [0.717, 1.165) is 11.1 Å². The van der Waals surface area contributed by atoms with Crippen molar-refractivity contribution in [3.63, 3.8) is 0 Å². The summed E-state index contributed by atoms with van der Waals surface area (Å²) in [5.74, 6) is 0.664. The third-order valence-electron chi connectivity index (χ3n) is 3.22. The van der Waals surface area contributed by atoms with Crippen LogP contribution in [0.2, 0.25) is 10.0 Å². The summed E-state index contributed by atoms with van der Waals surface area (Å²) in [6.07, 6.45) is 0.421. The van der Waals surface area contributed by atoms with E-state index in [4.69, 9.17) is 27.9 Å². The maximum Gasteiger partial charge on any atom is 0.124 e. The monoisotopic (exact) mass is 310 g/mol. The lowest BCUT2D eigenvalue weighted by Gasteiger charge is -2.26. The molecule has 0 bridgehead atoms. The van der Waals surface area contributed by atoms with Crippen molar-refractivity contribution in [2.45, 2.75) is 18.9 Å². The van der Waals surface area contributed by atoms with E-state index in [1.54, 1.807) is 26.2 Å². The number of hydrogen-bond donors (Lipinski definition) is 1. The van der Waals surface area contributed by atoms with Gasteiger partial charge >= 0.3 is 0 Å². The highest BCUT2D eigenvalue weighted by Crippen LogP contribution is 2.33. The molecule has 106 valence electrons. The summed E-state index contributed by atoms with van der Waals surface area (Å²) in [5, 5.41) is 11.7. The van der Waals surface area contributed by atoms with Crippen LogP contribution in [0.3, 0.4) is 0 Å². The molecule has 1 atom stereocenters. The number of ether oxygens (including phenoxy) is 1. The Hall–Kier alpha value is -1.22. The number of halogens is 2. The quantitative estimate of drug-likeness (QED) is 0.904. The van der Waals surface area contributed by atoms with Crippen molar-refractivity contribution < 1.29 is 9.84 Å². The first kappa shape index (κ1) is 15.2. The van der Waals surface area contributed by atoms with Crippen molar-refractivity contribution in [2.75, 3.05) is 7.11 Å². The van der Waals surface area contributed by atoms with E-state index in [1.807, 2.05) is 30.3 Å². The number of aliphatic hydroxyl groups is 1. The third kappa shape index (κ3) is 3.26. The lowest BCUT2D eigenvalue weighted by Crippen LogP contribution is -2.25. The summed E-state index contributed by atoms with van der Waals surface area (Å²) in [7, 11) is 1.59. The predicted octanol–water partition coefficient (Wildman–Crippen LogP) is 4.45. The second kappa shape index (κ2) is 6.04. The van der Waals surface area contributed by atoms with E-state index < -0.39 is 5.60 Å². The molecular weight excluding hydrogens is 295 g/mol. The van der Waals surface area contributed by atoms with Crippen LogP contribution in [0.5, 0.6) is 5.75 Å². The van der Waals surface area contributed by atoms with E-state index in [9.17, 15) is 5.11 Å². The van der Waals surface area contributed by atoms with Gasteiger partial charge in [0.05, 0.1) is 22.8 Å². The minimum Gasteiger partial charge on any atom is -0.496 e. The molecule has 20 heavy (non-hydrogen) atoms. The largest absolute Gasteiger partial charge is 0.496 e. The van der Waals surface area contributed by atoms with Gasteiger partial charge in [-0.2, -0.15) is 0 Å². The molecule has 0 aliphatic carbocycles. The number of methoxy groups -OCH3 is 1. The molecule has 0 amide bonds. The fourth-order valence-corrected chi connectivity index (χ4v) is 2.55. The van der Waals surface area contributed by atoms with E-state index in [0.29, 0.717) is 22.2 Å². The molecule has 0 aliphatic rings. The molecule has 0 heterocycles. The van der Waals surface area contributed by atoms with Gasteiger partial charge < -0.3 is 9.84 Å². The van der Waals surface area contributed by atoms with E-state index in [1.165, 1.54) is 0 Å². The molecule has 1 unspecified atom stereocenters. The Bertz CT molecular complexity index is 609. The number of rotatable bonds is 4. The van der Waals surface area contributed by atoms with Gasteiger partial charge in [-0.25, -0.2) is 0 Å². The van der Waals surface area contributed by atoms with Crippen LogP contribution in [0.4, 0.5) is 0 Å². The molecule has 0 saturated carbocycles. The highest BCUT2D eigenvalue weighted by atomic mass is 35.5. The van der Waals surface area contributed by atoms with Crippen molar-refractivity contribution in [1.82, 2.24) is 0 Å². The van der Waals surface area contributed by atoms with Gasteiger partial charge in [-0.15, -0.1) is 0 Å². The van der Waals surface area contributed by atoms with Crippen molar-refractivity contribution in [2.24, 2.45) is 0 Å². The van der Waals surface area contributed by atoms with Crippen LogP contribution in [0.15, 0.2) is 42.5 Å². The van der Waals surface area contributed by atoms with Crippen molar-refractivity contribution in [3.8, 4) is 5.75 Å². The molecular formula is C16H16Cl2O2. The Balaban J connectivity index is 2.32. The average Bonchev–Trinajstić information content (AvgIpc) is 2.42. The fourth-order valence-electron chi connectivity index (χ4n) is 2.23. The highest BCUT2D eigenvalue weighted by Gasteiger charge is 2.27. The molecule has 2 rings (SSSR count). The lowest BCUT2D eigenvalue weighted by molar-refractivity contribution is 0.0550. The van der Waals surface area contributed by atoms with Crippen LogP contribution in [-0.2, 0) is 12.0 Å². The molecule has 0 aliphatic heterocycles. The molecule has 0 saturated heterocycles. The summed E-state index contributed by atoms with van der Waals surface area (Å²) < 4.78 is 5.31. The SMILES string of the molecule is COc1ccccc1C(C)(O)Cc1ccc(Cl)c(Cl)c1. The zero-order chi connectivity index (χ0) is 14.8. The molecule has 0 spiro atoms. The Morgan fingerprint density at radius 2 is 1.80 bits per heavy atom. The van der Waals surface area contributed by atoms with Crippen LogP contribution in [0, 0.1) is 0 Å². The molecule has 0 fully saturated rings. The van der Waals surface area contributed by atoms with Gasteiger partial charge in [0.1, 0.15) is 5.75 Å². The van der Waals surface area contributed by atoms with Gasteiger partial charge in [0, 0.05) is 12.0 Å². The van der Waals surface area contributed by atoms with Crippen molar-refractivity contribution >= 4 is 23.2 Å². The Morgan fingerprint density at radius 3 is 2.45 bits per heavy atom. The fraction of sp³-hybridized carbons (Fsp3) is 0.250. The van der Waals surface area contributed by atoms with Gasteiger partial charge in [0.25, 0.3) is 0 Å². The first-order valence-corrected chi connectivity index (χ1v) is 6.99. The Kier molecular flexibility index (Phi) is 4.59. The normalized spacial score (nSPS) is 13.8. The van der Waals surface area contributed by atoms with Gasteiger partial charge in [-0.05, 0) is 30.7 Å². The smallest absolute Gasteiger partial charge is 0.124 e. The molecule has 0 radical (unpaired) electrons. The zero-order valence-electron chi connectivity index (χ0n) is 11.4. The number of benzene rings is 2. The van der Waals surface area contributed by atoms with Crippen molar-refractivity contribution in [3.05, 3.63) is 63.6 Å². The molecule has 2 aromatic carbocycles. The zero-order valence-corrected chi connectivity index (χ0v) is 12.9. The van der Waals surface area contributed by atoms with Crippen LogP contribution in [-0.4, -0.2) is 12.2 Å². The minimum atomic E-state index is -1.05. The third-order valence-corrected chi connectivity index (χ3v) is 3.96. The van der Waals surface area contributed by atoms with Crippen LogP contribution in [0.25, 0.3) is 0 Å². The highest BCUT2D eigenvalue weighted by molar-refractivity contribution is 6.42. The maximum absolute atomic E-state index is 10.8. The van der Waals surface area contributed by atoms with E-state index in [2.05, 4.69) is 0 Å². The topological polar surface area (TPSA) is 29.5 Å². The maximum atomic E-state index is 10.8. The lowest BCUT2D eigenvalue weighted by atomic mass is 9.88. The first-order chi connectivity index (χ1) is 9.44. The van der Waals surface area contributed by atoms with E-state index >= 15 is 0 Å². The molecule has 1 N–H and O–H groups in total. The van der Waals surface area contributed by atoms with Gasteiger partial charge in [-0.3, -0.25) is 0 Å². The van der Waals surface area contributed by atoms with Crippen molar-refractivity contribution in [1.29, 1.82) is 0 Å². The average molecular weight is 311 g/mol. The van der Waals surface area contributed by atoms with Gasteiger partial charge in [0.15, 0.2) is 0 Å². The van der Waals surface area contributed by atoms with Crippen LogP contribution in [0.1, 0.15) is 18.1 Å². The Labute approximate surface area is 128 Å². The summed E-state index contributed by atoms with van der Waals surface area (Å²) in [5.41, 5.74) is 0.605. The standard InChI is InChI=1S/C16H16Cl2O2/c1-16(19,12-5-3-4-6-15(12)20-2)10-11-7-8-13(17)14(18)9-11/h3-9,19H,10H2,1-2H3. The first-order valence-electron chi connectivity index (χ1n) is 6.24. The molecule has 2 nitrogen and oxygen atoms in total. The second-order valence-corrected chi connectivity index (χ2v) is 5.71. The summed E-state index contributed by atoms with van der Waals surface area (Å²) in [4.78, 5) is 0. The van der Waals surface area contributed by atoms with E-state index in [-0.39, 0.29) is 0 Å². The molecule has 0 aromatic heterocycles. The minimum absolute atomic E-state index is 0.421. The molecule has 4 heteroatoms. The number of para-hydroxylation sites is 1. The van der Waals surface area contributed by atoms with Gasteiger partial charge in [-0.1, -0.05) is 47.5 Å². The summed E-state index contributed by atoms with van der Waals surface area (Å²) >= 11 is 11.9. The van der Waals surface area contributed by atoms with Crippen LogP contribution < -0.4 is 4.74 Å². The predicted molar refractivity (Wildman–Crippen MR) is 82.7 cm³/mol. The van der Waals surface area contributed by atoms with Gasteiger partial charge in [0.2, 0.25) is 0 Å². The second-order valence-electron chi connectivity index (χ2n) is 4.90.